The molecule has 2 aromatic rings. The van der Waals surface area contributed by atoms with E-state index in [-0.39, 0.29) is 24.0 Å². The number of alkyl halides is 3. The lowest BCUT2D eigenvalue weighted by Crippen LogP contribution is -2.36. The topological polar surface area (TPSA) is 84.2 Å². The standard InChI is InChI=1S/C15H12F3N5O2/c16-15(17,18)9-22-6-2-3-10-8-19-14(21-13(10)22)20-11-4-1-5-12(7-11)23(24)25/h1-5,7-8H,6,9H2,(H,19,20,21). The third kappa shape index (κ3) is 4.03. The first kappa shape index (κ1) is 16.7. The molecule has 0 atom stereocenters. The second kappa shape index (κ2) is 6.38. The zero-order valence-corrected chi connectivity index (χ0v) is 12.7. The molecule has 0 amide bonds. The molecule has 0 aliphatic carbocycles. The molecule has 1 aliphatic heterocycles. The van der Waals surface area contributed by atoms with Crippen LogP contribution in [0.5, 0.6) is 0 Å². The highest BCUT2D eigenvalue weighted by Gasteiger charge is 2.32. The number of aromatic nitrogens is 2. The number of anilines is 3. The van der Waals surface area contributed by atoms with Crippen LogP contribution in [0.1, 0.15) is 5.56 Å². The Labute approximate surface area is 140 Å². The minimum Gasteiger partial charge on any atom is -0.343 e. The Bertz CT molecular complexity index is 838. The van der Waals surface area contributed by atoms with Crippen molar-refractivity contribution >= 4 is 29.2 Å². The number of non-ortho nitro benzene ring substituents is 1. The quantitative estimate of drug-likeness (QED) is 0.670. The van der Waals surface area contributed by atoms with Crippen LogP contribution < -0.4 is 10.2 Å². The summed E-state index contributed by atoms with van der Waals surface area (Å²) in [5.41, 5.74) is 0.715. The Morgan fingerprint density at radius 3 is 2.88 bits per heavy atom. The monoisotopic (exact) mass is 351 g/mol. The second-order valence-electron chi connectivity index (χ2n) is 5.30. The van der Waals surface area contributed by atoms with Crippen LogP contribution in [0.2, 0.25) is 0 Å². The Hall–Kier alpha value is -3.17. The van der Waals surface area contributed by atoms with Crippen molar-refractivity contribution in [2.24, 2.45) is 0 Å². The fourth-order valence-electron chi connectivity index (χ4n) is 2.39. The number of nitro groups is 1. The summed E-state index contributed by atoms with van der Waals surface area (Å²) in [6.45, 7) is -1.04. The average Bonchev–Trinajstić information content (AvgIpc) is 2.54. The summed E-state index contributed by atoms with van der Waals surface area (Å²) in [5.74, 6) is 0.212. The zero-order chi connectivity index (χ0) is 18.0. The van der Waals surface area contributed by atoms with Gasteiger partial charge in [0.15, 0.2) is 0 Å². The van der Waals surface area contributed by atoms with Crippen molar-refractivity contribution in [1.29, 1.82) is 0 Å². The van der Waals surface area contributed by atoms with Gasteiger partial charge < -0.3 is 10.2 Å². The molecule has 0 spiro atoms. The van der Waals surface area contributed by atoms with Gasteiger partial charge in [0.25, 0.3) is 5.69 Å². The van der Waals surface area contributed by atoms with Crippen molar-refractivity contribution in [2.75, 3.05) is 23.3 Å². The number of benzene rings is 1. The van der Waals surface area contributed by atoms with Gasteiger partial charge in [-0.05, 0) is 6.07 Å². The van der Waals surface area contributed by atoms with E-state index < -0.39 is 17.6 Å². The van der Waals surface area contributed by atoms with Crippen LogP contribution in [0.3, 0.4) is 0 Å². The van der Waals surface area contributed by atoms with E-state index in [1.165, 1.54) is 24.4 Å². The van der Waals surface area contributed by atoms with E-state index in [1.807, 2.05) is 0 Å². The number of halogens is 3. The Kier molecular flexibility index (Phi) is 4.26. The first-order chi connectivity index (χ1) is 11.8. The maximum Gasteiger partial charge on any atom is 0.405 e. The predicted octanol–water partition coefficient (Wildman–Crippen LogP) is 3.52. The van der Waals surface area contributed by atoms with Crippen molar-refractivity contribution in [1.82, 2.24) is 9.97 Å². The van der Waals surface area contributed by atoms with E-state index in [2.05, 4.69) is 15.3 Å². The Morgan fingerprint density at radius 1 is 1.36 bits per heavy atom. The van der Waals surface area contributed by atoms with E-state index in [0.717, 1.165) is 4.90 Å². The highest BCUT2D eigenvalue weighted by molar-refractivity contribution is 5.69. The van der Waals surface area contributed by atoms with Gasteiger partial charge in [-0.25, -0.2) is 4.98 Å². The van der Waals surface area contributed by atoms with E-state index >= 15 is 0 Å². The molecule has 1 N–H and O–H groups in total. The molecular formula is C15H12F3N5O2. The fraction of sp³-hybridized carbons (Fsp3) is 0.200. The Morgan fingerprint density at radius 2 is 2.16 bits per heavy atom. The van der Waals surface area contributed by atoms with Crippen LogP contribution >= 0.6 is 0 Å². The van der Waals surface area contributed by atoms with Crippen LogP contribution in [0.25, 0.3) is 6.08 Å². The highest BCUT2D eigenvalue weighted by atomic mass is 19.4. The molecule has 10 heteroatoms. The minimum absolute atomic E-state index is 0.0572. The van der Waals surface area contributed by atoms with Gasteiger partial charge in [-0.1, -0.05) is 18.2 Å². The molecule has 0 radical (unpaired) electrons. The molecule has 1 aliphatic rings. The molecule has 3 rings (SSSR count). The van der Waals surface area contributed by atoms with Gasteiger partial charge in [0.1, 0.15) is 12.4 Å². The normalized spacial score (nSPS) is 13.5. The van der Waals surface area contributed by atoms with E-state index in [9.17, 15) is 23.3 Å². The molecule has 0 saturated carbocycles. The number of hydrogen-bond acceptors (Lipinski definition) is 6. The summed E-state index contributed by atoms with van der Waals surface area (Å²) in [6.07, 6.45) is 0.298. The number of nitro benzene ring substituents is 1. The van der Waals surface area contributed by atoms with Crippen molar-refractivity contribution in [3.05, 3.63) is 52.2 Å². The lowest BCUT2D eigenvalue weighted by molar-refractivity contribution is -0.384. The number of fused-ring (bicyclic) bond motifs is 1. The van der Waals surface area contributed by atoms with Crippen LogP contribution in [-0.4, -0.2) is 34.2 Å². The summed E-state index contributed by atoms with van der Waals surface area (Å²) in [5, 5.41) is 13.6. The number of nitrogens with zero attached hydrogens (tertiary/aromatic N) is 4. The van der Waals surface area contributed by atoms with E-state index in [0.29, 0.717) is 11.3 Å². The summed E-state index contributed by atoms with van der Waals surface area (Å²) < 4.78 is 38.1. The largest absolute Gasteiger partial charge is 0.405 e. The molecule has 2 heterocycles. The minimum atomic E-state index is -4.36. The molecular weight excluding hydrogens is 339 g/mol. The molecule has 1 aromatic heterocycles. The smallest absolute Gasteiger partial charge is 0.343 e. The van der Waals surface area contributed by atoms with Gasteiger partial charge in [0.05, 0.1) is 4.92 Å². The number of hydrogen-bond donors (Lipinski definition) is 1. The van der Waals surface area contributed by atoms with E-state index in [1.54, 1.807) is 18.2 Å². The zero-order valence-electron chi connectivity index (χ0n) is 12.7. The third-order valence-electron chi connectivity index (χ3n) is 3.40. The molecule has 1 aromatic carbocycles. The van der Waals surface area contributed by atoms with Gasteiger partial charge >= 0.3 is 6.18 Å². The third-order valence-corrected chi connectivity index (χ3v) is 3.40. The molecule has 0 unspecified atom stereocenters. The predicted molar refractivity (Wildman–Crippen MR) is 85.7 cm³/mol. The molecule has 7 nitrogen and oxygen atoms in total. The summed E-state index contributed by atoms with van der Waals surface area (Å²) >= 11 is 0. The summed E-state index contributed by atoms with van der Waals surface area (Å²) in [7, 11) is 0. The summed E-state index contributed by atoms with van der Waals surface area (Å²) in [6, 6.07) is 5.67. The molecule has 0 fully saturated rings. The average molecular weight is 351 g/mol. The maximum absolute atomic E-state index is 12.7. The van der Waals surface area contributed by atoms with Gasteiger partial charge in [-0.15, -0.1) is 0 Å². The number of nitrogens with one attached hydrogen (secondary N) is 1. The van der Waals surface area contributed by atoms with Crippen LogP contribution in [-0.2, 0) is 0 Å². The highest BCUT2D eigenvalue weighted by Crippen LogP contribution is 2.28. The molecule has 0 bridgehead atoms. The SMILES string of the molecule is O=[N+]([O-])c1cccc(Nc2ncc3c(n2)N(CC(F)(F)F)CC=C3)c1. The van der Waals surface area contributed by atoms with Crippen molar-refractivity contribution in [3.8, 4) is 0 Å². The van der Waals surface area contributed by atoms with Crippen molar-refractivity contribution in [2.45, 2.75) is 6.18 Å². The van der Waals surface area contributed by atoms with E-state index in [4.69, 9.17) is 0 Å². The lowest BCUT2D eigenvalue weighted by Gasteiger charge is -2.27. The van der Waals surface area contributed by atoms with Crippen LogP contribution in [0, 0.1) is 10.1 Å². The molecule has 0 saturated heterocycles. The lowest BCUT2D eigenvalue weighted by atomic mass is 10.2. The van der Waals surface area contributed by atoms with Gasteiger partial charge in [-0.3, -0.25) is 10.1 Å². The second-order valence-corrected chi connectivity index (χ2v) is 5.30. The van der Waals surface area contributed by atoms with Crippen molar-refractivity contribution < 1.29 is 18.1 Å². The van der Waals surface area contributed by atoms with Gasteiger partial charge in [0.2, 0.25) is 5.95 Å². The fourth-order valence-corrected chi connectivity index (χ4v) is 2.39. The first-order valence-corrected chi connectivity index (χ1v) is 7.18. The first-order valence-electron chi connectivity index (χ1n) is 7.18. The molecule has 25 heavy (non-hydrogen) atoms. The van der Waals surface area contributed by atoms with Crippen LogP contribution in [0.4, 0.5) is 36.3 Å². The van der Waals surface area contributed by atoms with Crippen molar-refractivity contribution in [3.63, 3.8) is 0 Å². The van der Waals surface area contributed by atoms with Gasteiger partial charge in [0, 0.05) is 36.1 Å². The number of rotatable bonds is 4. The Balaban J connectivity index is 1.87. The van der Waals surface area contributed by atoms with Gasteiger partial charge in [-0.2, -0.15) is 18.2 Å². The molecule has 130 valence electrons. The van der Waals surface area contributed by atoms with Crippen LogP contribution in [0.15, 0.2) is 36.5 Å². The summed E-state index contributed by atoms with van der Waals surface area (Å²) in [4.78, 5) is 19.5. The maximum atomic E-state index is 12.7.